The number of nitrogens with zero attached hydrogens (tertiary/aromatic N) is 2. The summed E-state index contributed by atoms with van der Waals surface area (Å²) in [6.45, 7) is 0. The van der Waals surface area contributed by atoms with E-state index < -0.39 is 189 Å². The van der Waals surface area contributed by atoms with Gasteiger partial charge in [-0.05, 0) is 94.3 Å². The molecular weight excluding hydrogens is 709 g/mol. The predicted molar refractivity (Wildman–Crippen MR) is 244 cm³/mol. The minimum atomic E-state index is -0.990. The molecule has 2 nitrogen and oxygen atoms in total. The van der Waals surface area contributed by atoms with Gasteiger partial charge in [-0.15, -0.1) is 11.3 Å². The van der Waals surface area contributed by atoms with Crippen molar-refractivity contribution in [2.45, 2.75) is 0 Å². The van der Waals surface area contributed by atoms with Crippen LogP contribution >= 0.6 is 11.3 Å². The summed E-state index contributed by atoms with van der Waals surface area (Å²) in [5.74, 6) is 0. The van der Waals surface area contributed by atoms with Gasteiger partial charge in [0.25, 0.3) is 0 Å². The van der Waals surface area contributed by atoms with Gasteiger partial charge in [0.15, 0.2) is 0 Å². The molecule has 0 unspecified atom stereocenters. The van der Waals surface area contributed by atoms with E-state index in [1.165, 1.54) is 22.0 Å². The number of fused-ring (bicyclic) bond motifs is 9. The molecule has 3 aromatic heterocycles. The van der Waals surface area contributed by atoms with Crippen molar-refractivity contribution in [2.24, 2.45) is 0 Å². The van der Waals surface area contributed by atoms with E-state index >= 15 is 0 Å². The molecular formula is C54H34N2S. The van der Waals surface area contributed by atoms with Crippen LogP contribution in [0.2, 0.25) is 0 Å². The van der Waals surface area contributed by atoms with Crippen LogP contribution < -0.4 is 0 Å². The quantitative estimate of drug-likeness (QED) is 0.165. The van der Waals surface area contributed by atoms with Crippen molar-refractivity contribution in [3.8, 4) is 44.8 Å². The van der Waals surface area contributed by atoms with Gasteiger partial charge in [-0.25, -0.2) is 0 Å². The first-order valence-corrected chi connectivity index (χ1v) is 18.3. The summed E-state index contributed by atoms with van der Waals surface area (Å²) in [7, 11) is 0. The Morgan fingerprint density at radius 2 is 0.982 bits per heavy atom. The van der Waals surface area contributed by atoms with Crippen molar-refractivity contribution >= 4 is 75.1 Å². The van der Waals surface area contributed by atoms with Crippen LogP contribution in [-0.2, 0) is 0 Å². The Labute approximate surface area is 368 Å². The first-order chi connectivity index (χ1) is 38.7. The first-order valence-electron chi connectivity index (χ1n) is 30.0. The Kier molecular flexibility index (Phi) is 3.58. The average molecular weight is 768 g/mol. The lowest BCUT2D eigenvalue weighted by Gasteiger charge is -2.16. The highest BCUT2D eigenvalue weighted by Crippen LogP contribution is 2.46. The van der Waals surface area contributed by atoms with E-state index in [9.17, 15) is 17.8 Å². The third-order valence-corrected chi connectivity index (χ3v) is 10.9. The van der Waals surface area contributed by atoms with Gasteiger partial charge in [-0.1, -0.05) is 139 Å². The number of thiophene rings is 1. The minimum absolute atomic E-state index is 0.0671. The smallest absolute Gasteiger partial charge is 0.0651 e. The predicted octanol–water partition coefficient (Wildman–Crippen LogP) is 15.2. The lowest BCUT2D eigenvalue weighted by Crippen LogP contribution is -1.98. The largest absolute Gasteiger partial charge is 0.309 e. The van der Waals surface area contributed by atoms with Crippen LogP contribution in [0.25, 0.3) is 109 Å². The first kappa shape index (κ1) is 16.1. The summed E-state index contributed by atoms with van der Waals surface area (Å²) in [5, 5.41) is -0.774. The number of rotatable bonds is 5. The van der Waals surface area contributed by atoms with Crippen LogP contribution in [0.3, 0.4) is 0 Å². The monoisotopic (exact) mass is 767 g/mol. The van der Waals surface area contributed by atoms with E-state index in [-0.39, 0.29) is 39.6 Å². The Morgan fingerprint density at radius 3 is 1.74 bits per heavy atom. The molecule has 3 heterocycles. The summed E-state index contributed by atoms with van der Waals surface area (Å²) >= 11 is 1.20. The highest BCUT2D eigenvalue weighted by molar-refractivity contribution is 7.26. The maximum Gasteiger partial charge on any atom is 0.0651 e. The van der Waals surface area contributed by atoms with Gasteiger partial charge in [0.2, 0.25) is 0 Å². The minimum Gasteiger partial charge on any atom is -0.309 e. The summed E-state index contributed by atoms with van der Waals surface area (Å²) in [4.78, 5) is 0. The zero-order valence-electron chi connectivity index (χ0n) is 54.0. The SMILES string of the molecule is [2H]c1c([2H])c([2H])c(-c2c([2H])c([2H])c([2H])c(-n3c4c([2H])c([2H])c([2H])c([2H])c4c4c([2H])c(-c5c([2H])c([2H])c6c(c5[2H])c5c([2H])c([2H])c([2H])c([2H])c5n6-c5cc([2H])c6sc7c([2H])cccc7c6c5-c5ccccc5)c([2H])c([2H])c43)c2[2H])c([2H])c1[2H]. The van der Waals surface area contributed by atoms with Gasteiger partial charge in [-0.2, -0.15) is 0 Å². The second-order valence-corrected chi connectivity index (χ2v) is 13.9. The molecule has 0 spiro atoms. The molecule has 0 atom stereocenters. The molecule has 266 valence electrons. The molecule has 0 aliphatic rings. The summed E-state index contributed by atoms with van der Waals surface area (Å²) in [6.07, 6.45) is 0. The van der Waals surface area contributed by atoms with Crippen LogP contribution in [0.1, 0.15) is 34.3 Å². The highest BCUT2D eigenvalue weighted by atomic mass is 32.1. The summed E-state index contributed by atoms with van der Waals surface area (Å²) in [5.41, 5.74) is -4.57. The van der Waals surface area contributed by atoms with Crippen molar-refractivity contribution in [3.63, 3.8) is 0 Å². The number of para-hydroxylation sites is 2. The number of aromatic nitrogens is 2. The highest BCUT2D eigenvalue weighted by Gasteiger charge is 2.21. The van der Waals surface area contributed by atoms with Crippen molar-refractivity contribution in [3.05, 3.63) is 206 Å². The van der Waals surface area contributed by atoms with Crippen molar-refractivity contribution in [1.82, 2.24) is 9.13 Å². The van der Waals surface area contributed by atoms with Crippen molar-refractivity contribution in [2.75, 3.05) is 0 Å². The standard InChI is InChI=1S/C54H34N2S/c1-3-14-35(15-4-1)37-18-13-19-40(32-37)55-46-23-10-7-20-41(46)44-33-38(26-28-48(44)55)39-27-29-49-45(34-39)42-21-8-11-24-47(42)56(49)50-30-31-52-54(43-22-9-12-25-51(43)57-52)53(50)36-16-5-2-6-17-36/h1-34H/i1D,3D,4D,7D,8D,10D,11D,13D,14D,15D,18D,19D,20D,21D,23D,24D,25D,26D,27D,28D,29D,31D,32D,33D,34D. The molecule has 0 aliphatic carbocycles. The van der Waals surface area contributed by atoms with Gasteiger partial charge in [0.1, 0.15) is 0 Å². The zero-order valence-corrected chi connectivity index (χ0v) is 29.8. The number of benzene rings is 9. The second kappa shape index (κ2) is 12.7. The average Bonchev–Trinajstić information content (AvgIpc) is 3.66. The second-order valence-electron chi connectivity index (χ2n) is 12.9. The van der Waals surface area contributed by atoms with Crippen LogP contribution in [0.15, 0.2) is 206 Å². The third kappa shape index (κ3) is 4.96. The van der Waals surface area contributed by atoms with Gasteiger partial charge >= 0.3 is 0 Å². The number of hydrogen-bond donors (Lipinski definition) is 0. The van der Waals surface area contributed by atoms with Crippen LogP contribution in [0, 0.1) is 0 Å². The number of hydrogen-bond acceptors (Lipinski definition) is 1. The molecule has 12 rings (SSSR count). The molecule has 3 heteroatoms. The van der Waals surface area contributed by atoms with Gasteiger partial charge in [0, 0.05) is 53.0 Å². The van der Waals surface area contributed by atoms with Gasteiger partial charge in [0.05, 0.1) is 62.0 Å². The fourth-order valence-corrected chi connectivity index (χ4v) is 8.47. The van der Waals surface area contributed by atoms with Gasteiger partial charge < -0.3 is 9.13 Å². The molecule has 0 N–H and O–H groups in total. The lowest BCUT2D eigenvalue weighted by molar-refractivity contribution is 1.18. The maximum absolute atomic E-state index is 10.1. The molecule has 0 fully saturated rings. The molecule has 0 bridgehead atoms. The Bertz CT molecular complexity index is 4960. The molecule has 0 amide bonds. The molecule has 0 aliphatic heterocycles. The molecule has 0 radical (unpaired) electrons. The summed E-state index contributed by atoms with van der Waals surface area (Å²) in [6, 6.07) is -4.37. The zero-order chi connectivity index (χ0) is 59.2. The van der Waals surface area contributed by atoms with Gasteiger partial charge in [-0.3, -0.25) is 0 Å². The maximum atomic E-state index is 10.1. The summed E-state index contributed by atoms with van der Waals surface area (Å²) < 4.78 is 232. The van der Waals surface area contributed by atoms with E-state index in [4.69, 9.17) is 16.4 Å². The van der Waals surface area contributed by atoms with Crippen LogP contribution in [-0.4, -0.2) is 9.13 Å². The van der Waals surface area contributed by atoms with E-state index in [0.717, 1.165) is 4.57 Å². The van der Waals surface area contributed by atoms with E-state index in [1.807, 2.05) is 0 Å². The van der Waals surface area contributed by atoms with Crippen LogP contribution in [0.5, 0.6) is 0 Å². The molecule has 9 aromatic carbocycles. The molecule has 57 heavy (non-hydrogen) atoms. The molecule has 0 saturated carbocycles. The normalized spacial score (nSPS) is 18.0. The van der Waals surface area contributed by atoms with E-state index in [1.54, 1.807) is 48.5 Å². The third-order valence-electron chi connectivity index (χ3n) is 9.82. The van der Waals surface area contributed by atoms with Crippen molar-refractivity contribution in [1.29, 1.82) is 0 Å². The Hall–Kier alpha value is -7.20. The fraction of sp³-hybridized carbons (Fsp3) is 0. The Balaban J connectivity index is 1.26. The topological polar surface area (TPSA) is 9.86 Å². The molecule has 12 aromatic rings. The Morgan fingerprint density at radius 1 is 0.368 bits per heavy atom. The van der Waals surface area contributed by atoms with E-state index in [2.05, 4.69) is 0 Å². The fourth-order valence-electron chi connectivity index (χ4n) is 7.42. The van der Waals surface area contributed by atoms with E-state index in [0.29, 0.717) is 31.3 Å². The van der Waals surface area contributed by atoms with Crippen LogP contribution in [0.4, 0.5) is 0 Å². The van der Waals surface area contributed by atoms with Crippen molar-refractivity contribution < 1.29 is 34.3 Å². The lowest BCUT2D eigenvalue weighted by atomic mass is 9.97. The molecule has 0 saturated heterocycles.